The van der Waals surface area contributed by atoms with Crippen LogP contribution in [0.1, 0.15) is 5.56 Å². The predicted octanol–water partition coefficient (Wildman–Crippen LogP) is 3.03. The molecule has 1 N–H and O–H groups in total. The number of benzene rings is 2. The van der Waals surface area contributed by atoms with Crippen LogP contribution in [0.3, 0.4) is 0 Å². The fourth-order valence-electron chi connectivity index (χ4n) is 2.96. The molecule has 0 radical (unpaired) electrons. The van der Waals surface area contributed by atoms with Crippen LogP contribution in [0.15, 0.2) is 48.0 Å². The first-order valence-electron chi connectivity index (χ1n) is 8.91. The van der Waals surface area contributed by atoms with Crippen LogP contribution in [0, 0.1) is 3.57 Å². The monoisotopic (exact) mass is 522 g/mol. The Morgan fingerprint density at radius 3 is 2.40 bits per heavy atom. The second-order valence-electron chi connectivity index (χ2n) is 6.32. The summed E-state index contributed by atoms with van der Waals surface area (Å²) in [6.45, 7) is 0.130. The number of imide groups is 2. The third-order valence-electron chi connectivity index (χ3n) is 4.45. The van der Waals surface area contributed by atoms with Gasteiger partial charge in [-0.2, -0.15) is 0 Å². The van der Waals surface area contributed by atoms with E-state index in [1.54, 1.807) is 36.4 Å². The van der Waals surface area contributed by atoms with Gasteiger partial charge in [0, 0.05) is 7.11 Å². The number of halogens is 1. The van der Waals surface area contributed by atoms with E-state index < -0.39 is 17.8 Å². The van der Waals surface area contributed by atoms with E-state index in [4.69, 9.17) is 9.47 Å². The van der Waals surface area contributed by atoms with Crippen molar-refractivity contribution in [3.63, 3.8) is 0 Å². The molecule has 0 saturated carbocycles. The largest absolute Gasteiger partial charge is 0.504 e. The summed E-state index contributed by atoms with van der Waals surface area (Å²) in [6, 6.07) is 10.8. The number of amides is 4. The molecule has 0 aromatic heterocycles. The first kappa shape index (κ1) is 21.8. The quantitative estimate of drug-likeness (QED) is 0.356. The molecule has 1 fully saturated rings. The summed E-state index contributed by atoms with van der Waals surface area (Å²) >= 11 is 1.92. The van der Waals surface area contributed by atoms with Gasteiger partial charge in [-0.25, -0.2) is 9.69 Å². The van der Waals surface area contributed by atoms with Gasteiger partial charge < -0.3 is 14.6 Å². The molecule has 2 aromatic rings. The predicted molar refractivity (Wildman–Crippen MR) is 118 cm³/mol. The number of ether oxygens (including phenoxy) is 2. The molecule has 0 bridgehead atoms. The number of methoxy groups -OCH3 is 2. The Morgan fingerprint density at radius 1 is 1.07 bits per heavy atom. The number of phenols is 1. The average Bonchev–Trinajstić information content (AvgIpc) is 2.74. The van der Waals surface area contributed by atoms with Gasteiger partial charge in [0.1, 0.15) is 5.57 Å². The molecule has 0 aliphatic carbocycles. The minimum atomic E-state index is -0.733. The zero-order valence-electron chi connectivity index (χ0n) is 16.3. The molecule has 2 aromatic carbocycles. The molecule has 1 aliphatic heterocycles. The molecule has 9 heteroatoms. The molecule has 0 spiro atoms. The molecular weight excluding hydrogens is 503 g/mol. The van der Waals surface area contributed by atoms with E-state index in [0.717, 1.165) is 9.80 Å². The van der Waals surface area contributed by atoms with Crippen molar-refractivity contribution >= 4 is 52.2 Å². The number of para-hydroxylation sites is 1. The number of carbonyl (C=O) groups is 3. The van der Waals surface area contributed by atoms with Crippen LogP contribution in [0.4, 0.5) is 10.5 Å². The molecule has 30 heavy (non-hydrogen) atoms. The maximum Gasteiger partial charge on any atom is 0.338 e. The van der Waals surface area contributed by atoms with Gasteiger partial charge in [0.2, 0.25) is 0 Å². The topological polar surface area (TPSA) is 96.4 Å². The Morgan fingerprint density at radius 2 is 1.77 bits per heavy atom. The van der Waals surface area contributed by atoms with E-state index in [0.29, 0.717) is 14.8 Å². The Bertz CT molecular complexity index is 1020. The summed E-state index contributed by atoms with van der Waals surface area (Å²) in [7, 11) is 2.86. The van der Waals surface area contributed by atoms with Crippen LogP contribution in [0.5, 0.6) is 11.5 Å². The summed E-state index contributed by atoms with van der Waals surface area (Å²) in [5.41, 5.74) is 0.643. The number of urea groups is 1. The summed E-state index contributed by atoms with van der Waals surface area (Å²) in [6.07, 6.45) is 1.39. The Kier molecular flexibility index (Phi) is 6.73. The lowest BCUT2D eigenvalue weighted by atomic mass is 10.0. The van der Waals surface area contributed by atoms with Crippen LogP contribution >= 0.6 is 22.6 Å². The number of anilines is 1. The Hall–Kier alpha value is -2.92. The smallest absolute Gasteiger partial charge is 0.338 e. The maximum atomic E-state index is 13.2. The number of hydrogen-bond acceptors (Lipinski definition) is 6. The van der Waals surface area contributed by atoms with Crippen molar-refractivity contribution in [1.82, 2.24) is 4.90 Å². The molecule has 1 saturated heterocycles. The number of hydrogen-bond donors (Lipinski definition) is 1. The highest BCUT2D eigenvalue weighted by atomic mass is 127. The highest BCUT2D eigenvalue weighted by Crippen LogP contribution is 2.34. The lowest BCUT2D eigenvalue weighted by molar-refractivity contribution is -0.129. The molecule has 1 heterocycles. The SMILES string of the molecule is COCCN1C(=O)/C(=C/c2cc(I)c(O)c(OC)c2)C(=O)N(c2ccccc2)C1=O. The van der Waals surface area contributed by atoms with Crippen molar-refractivity contribution in [3.05, 3.63) is 57.2 Å². The van der Waals surface area contributed by atoms with Crippen LogP contribution in [-0.4, -0.2) is 55.2 Å². The van der Waals surface area contributed by atoms with Gasteiger partial charge in [-0.1, -0.05) is 18.2 Å². The lowest BCUT2D eigenvalue weighted by Gasteiger charge is -2.33. The fourth-order valence-corrected chi connectivity index (χ4v) is 3.58. The minimum absolute atomic E-state index is 0.00143. The summed E-state index contributed by atoms with van der Waals surface area (Å²) in [5.74, 6) is -1.27. The van der Waals surface area contributed by atoms with E-state index in [-0.39, 0.29) is 30.2 Å². The van der Waals surface area contributed by atoms with E-state index >= 15 is 0 Å². The maximum absolute atomic E-state index is 13.2. The Labute approximate surface area is 186 Å². The zero-order valence-corrected chi connectivity index (χ0v) is 18.5. The summed E-state index contributed by atoms with van der Waals surface area (Å²) in [4.78, 5) is 41.0. The van der Waals surface area contributed by atoms with Crippen LogP contribution in [-0.2, 0) is 14.3 Å². The first-order chi connectivity index (χ1) is 14.4. The van der Waals surface area contributed by atoms with Gasteiger partial charge in [0.15, 0.2) is 11.5 Å². The first-order valence-corrected chi connectivity index (χ1v) is 9.99. The van der Waals surface area contributed by atoms with Crippen LogP contribution in [0.2, 0.25) is 0 Å². The third kappa shape index (κ3) is 4.17. The number of barbiturate groups is 1. The molecule has 0 unspecified atom stereocenters. The molecule has 3 rings (SSSR count). The summed E-state index contributed by atoms with van der Waals surface area (Å²) in [5, 5.41) is 10.0. The standard InChI is InChI=1S/C21H19IN2O6/c1-29-9-8-23-19(26)15(10-13-11-16(22)18(25)17(12-13)30-2)20(27)24(21(23)28)14-6-4-3-5-7-14/h3-7,10-12,25H,8-9H2,1-2H3/b15-10-. The highest BCUT2D eigenvalue weighted by molar-refractivity contribution is 14.1. The molecule has 0 atom stereocenters. The third-order valence-corrected chi connectivity index (χ3v) is 5.27. The number of carbonyl (C=O) groups excluding carboxylic acids is 3. The highest BCUT2D eigenvalue weighted by Gasteiger charge is 2.42. The van der Waals surface area contributed by atoms with Crippen molar-refractivity contribution in [2.24, 2.45) is 0 Å². The number of rotatable bonds is 6. The van der Waals surface area contributed by atoms with Crippen LogP contribution < -0.4 is 9.64 Å². The molecular formula is C21H19IN2O6. The number of aromatic hydroxyl groups is 1. The van der Waals surface area contributed by atoms with Crippen molar-refractivity contribution in [2.45, 2.75) is 0 Å². The van der Waals surface area contributed by atoms with Gasteiger partial charge in [-0.05, 0) is 58.5 Å². The van der Waals surface area contributed by atoms with E-state index in [9.17, 15) is 19.5 Å². The van der Waals surface area contributed by atoms with Gasteiger partial charge in [-0.15, -0.1) is 0 Å². The van der Waals surface area contributed by atoms with Crippen molar-refractivity contribution in [3.8, 4) is 11.5 Å². The summed E-state index contributed by atoms with van der Waals surface area (Å²) < 4.78 is 10.6. The van der Waals surface area contributed by atoms with Gasteiger partial charge >= 0.3 is 6.03 Å². The number of nitrogens with zero attached hydrogens (tertiary/aromatic N) is 2. The van der Waals surface area contributed by atoms with E-state index in [1.165, 1.54) is 26.4 Å². The fraction of sp³-hybridized carbons (Fsp3) is 0.190. The number of phenolic OH excluding ortho intramolecular Hbond substituents is 1. The van der Waals surface area contributed by atoms with E-state index in [1.807, 2.05) is 22.6 Å². The van der Waals surface area contributed by atoms with Crippen molar-refractivity contribution in [1.29, 1.82) is 0 Å². The second kappa shape index (κ2) is 9.26. The minimum Gasteiger partial charge on any atom is -0.504 e. The van der Waals surface area contributed by atoms with Gasteiger partial charge in [0.25, 0.3) is 11.8 Å². The van der Waals surface area contributed by atoms with Gasteiger partial charge in [0.05, 0.1) is 29.5 Å². The van der Waals surface area contributed by atoms with Gasteiger partial charge in [-0.3, -0.25) is 14.5 Å². The molecule has 156 valence electrons. The van der Waals surface area contributed by atoms with Crippen molar-refractivity contribution in [2.75, 3.05) is 32.3 Å². The molecule has 8 nitrogen and oxygen atoms in total. The van der Waals surface area contributed by atoms with E-state index in [2.05, 4.69) is 0 Å². The Balaban J connectivity index is 2.11. The molecule has 4 amide bonds. The van der Waals surface area contributed by atoms with Crippen LogP contribution in [0.25, 0.3) is 6.08 Å². The lowest BCUT2D eigenvalue weighted by Crippen LogP contribution is -2.57. The normalized spacial score (nSPS) is 15.8. The van der Waals surface area contributed by atoms with Crippen molar-refractivity contribution < 1.29 is 29.0 Å². The zero-order chi connectivity index (χ0) is 21.8. The second-order valence-corrected chi connectivity index (χ2v) is 7.48. The average molecular weight is 522 g/mol. The molecule has 1 aliphatic rings.